The Bertz CT molecular complexity index is 1090. The molecule has 2 amide bonds. The highest BCUT2D eigenvalue weighted by Crippen LogP contribution is 2.30. The number of nitrogens with two attached hydrogens (primary N) is 1. The molecule has 3 rings (SSSR count). The SMILES string of the molecule is COc1ccc(/C=C/C(=O)NC(C(N)=O)c2ccccc2)cc1S(=O)(=O)N1CCCCC1. The molecule has 2 aromatic carbocycles. The highest BCUT2D eigenvalue weighted by atomic mass is 32.2. The maximum Gasteiger partial charge on any atom is 0.246 e. The zero-order valence-electron chi connectivity index (χ0n) is 17.9. The van der Waals surface area contributed by atoms with Crippen molar-refractivity contribution in [2.75, 3.05) is 20.2 Å². The molecule has 0 radical (unpaired) electrons. The smallest absolute Gasteiger partial charge is 0.246 e. The van der Waals surface area contributed by atoms with Crippen molar-refractivity contribution in [2.24, 2.45) is 5.73 Å². The third kappa shape index (κ3) is 5.54. The number of hydrogen-bond acceptors (Lipinski definition) is 5. The first-order valence-corrected chi connectivity index (χ1v) is 11.8. The van der Waals surface area contributed by atoms with Crippen LogP contribution in [0.3, 0.4) is 0 Å². The number of carbonyl (C=O) groups is 2. The van der Waals surface area contributed by atoms with Crippen LogP contribution in [0.4, 0.5) is 0 Å². The second kappa shape index (κ2) is 10.4. The van der Waals surface area contributed by atoms with E-state index in [1.54, 1.807) is 42.5 Å². The molecule has 0 spiro atoms. The molecule has 1 aliphatic rings. The van der Waals surface area contributed by atoms with Crippen LogP contribution in [-0.2, 0) is 19.6 Å². The Hall–Kier alpha value is -3.17. The minimum Gasteiger partial charge on any atom is -0.495 e. The summed E-state index contributed by atoms with van der Waals surface area (Å²) in [5.41, 5.74) is 6.51. The molecule has 1 aliphatic heterocycles. The Morgan fingerprint density at radius 1 is 1.09 bits per heavy atom. The minimum atomic E-state index is -3.72. The average molecular weight is 458 g/mol. The summed E-state index contributed by atoms with van der Waals surface area (Å²) in [6, 6.07) is 12.4. The molecule has 0 bridgehead atoms. The summed E-state index contributed by atoms with van der Waals surface area (Å²) in [7, 11) is -2.30. The van der Waals surface area contributed by atoms with Crippen LogP contribution in [0.25, 0.3) is 6.08 Å². The van der Waals surface area contributed by atoms with E-state index < -0.39 is 27.9 Å². The maximum absolute atomic E-state index is 13.1. The van der Waals surface area contributed by atoms with Crippen LogP contribution in [0, 0.1) is 0 Å². The van der Waals surface area contributed by atoms with Gasteiger partial charge >= 0.3 is 0 Å². The standard InChI is InChI=1S/C23H27N3O5S/c1-31-19-12-10-17(16-20(19)32(29,30)26-14-6-3-7-15-26)11-13-21(27)25-22(23(24)28)18-8-4-2-5-9-18/h2,4-5,8-13,16,22H,3,6-7,14-15H2,1H3,(H2,24,28)(H,25,27)/b13-11+. The van der Waals surface area contributed by atoms with Gasteiger partial charge in [0.2, 0.25) is 21.8 Å². The van der Waals surface area contributed by atoms with Crippen molar-refractivity contribution in [3.05, 3.63) is 65.7 Å². The fraction of sp³-hybridized carbons (Fsp3) is 0.304. The molecule has 32 heavy (non-hydrogen) atoms. The lowest BCUT2D eigenvalue weighted by Crippen LogP contribution is -2.36. The van der Waals surface area contributed by atoms with Crippen molar-refractivity contribution in [1.82, 2.24) is 9.62 Å². The van der Waals surface area contributed by atoms with Crippen LogP contribution in [0.5, 0.6) is 5.75 Å². The first-order chi connectivity index (χ1) is 15.3. The number of nitrogens with zero attached hydrogens (tertiary/aromatic N) is 1. The Labute approximate surface area is 188 Å². The van der Waals surface area contributed by atoms with E-state index in [9.17, 15) is 18.0 Å². The number of primary amides is 1. The van der Waals surface area contributed by atoms with Crippen LogP contribution in [-0.4, -0.2) is 44.7 Å². The van der Waals surface area contributed by atoms with Gasteiger partial charge in [-0.1, -0.05) is 42.8 Å². The van der Waals surface area contributed by atoms with Crippen molar-refractivity contribution in [1.29, 1.82) is 0 Å². The van der Waals surface area contributed by atoms with E-state index >= 15 is 0 Å². The van der Waals surface area contributed by atoms with Crippen LogP contribution in [0.2, 0.25) is 0 Å². The first-order valence-electron chi connectivity index (χ1n) is 10.3. The van der Waals surface area contributed by atoms with Gasteiger partial charge < -0.3 is 15.8 Å². The second-order valence-corrected chi connectivity index (χ2v) is 9.37. The van der Waals surface area contributed by atoms with Crippen LogP contribution < -0.4 is 15.8 Å². The van der Waals surface area contributed by atoms with Gasteiger partial charge in [0.25, 0.3) is 0 Å². The van der Waals surface area contributed by atoms with Crippen molar-refractivity contribution >= 4 is 27.9 Å². The Morgan fingerprint density at radius 3 is 2.41 bits per heavy atom. The summed E-state index contributed by atoms with van der Waals surface area (Å²) in [4.78, 5) is 24.2. The summed E-state index contributed by atoms with van der Waals surface area (Å²) in [6.45, 7) is 0.948. The summed E-state index contributed by atoms with van der Waals surface area (Å²) >= 11 is 0. The summed E-state index contributed by atoms with van der Waals surface area (Å²) < 4.78 is 33.0. The second-order valence-electron chi connectivity index (χ2n) is 7.46. The van der Waals surface area contributed by atoms with Crippen LogP contribution in [0.15, 0.2) is 59.5 Å². The van der Waals surface area contributed by atoms with Gasteiger partial charge in [-0.25, -0.2) is 8.42 Å². The fourth-order valence-electron chi connectivity index (χ4n) is 3.57. The van der Waals surface area contributed by atoms with Gasteiger partial charge in [0, 0.05) is 19.2 Å². The lowest BCUT2D eigenvalue weighted by molar-refractivity contribution is -0.125. The van der Waals surface area contributed by atoms with Gasteiger partial charge in [0.1, 0.15) is 16.7 Å². The molecule has 9 heteroatoms. The predicted octanol–water partition coefficient (Wildman–Crippen LogP) is 2.23. The average Bonchev–Trinajstić information content (AvgIpc) is 2.82. The molecular weight excluding hydrogens is 430 g/mol. The molecule has 3 N–H and O–H groups in total. The quantitative estimate of drug-likeness (QED) is 0.589. The van der Waals surface area contributed by atoms with Gasteiger partial charge in [-0.05, 0) is 42.2 Å². The Balaban J connectivity index is 1.80. The van der Waals surface area contributed by atoms with Gasteiger partial charge in [0.05, 0.1) is 7.11 Å². The number of piperidine rings is 1. The number of amides is 2. The molecule has 0 aliphatic carbocycles. The van der Waals surface area contributed by atoms with E-state index in [1.807, 2.05) is 0 Å². The van der Waals surface area contributed by atoms with E-state index in [4.69, 9.17) is 10.5 Å². The van der Waals surface area contributed by atoms with Gasteiger partial charge in [-0.15, -0.1) is 0 Å². The summed E-state index contributed by atoms with van der Waals surface area (Å²) in [5, 5.41) is 2.57. The van der Waals surface area contributed by atoms with E-state index in [0.717, 1.165) is 19.3 Å². The third-order valence-electron chi connectivity index (χ3n) is 5.25. The van der Waals surface area contributed by atoms with E-state index in [-0.39, 0.29) is 10.6 Å². The number of benzene rings is 2. The van der Waals surface area contributed by atoms with Crippen molar-refractivity contribution in [2.45, 2.75) is 30.2 Å². The number of methoxy groups -OCH3 is 1. The Kier molecular flexibility index (Phi) is 7.66. The number of hydrogen-bond donors (Lipinski definition) is 2. The number of ether oxygens (including phenoxy) is 1. The van der Waals surface area contributed by atoms with Gasteiger partial charge in [0.15, 0.2) is 0 Å². The molecule has 0 aromatic heterocycles. The molecule has 8 nitrogen and oxygen atoms in total. The number of nitrogens with one attached hydrogen (secondary N) is 1. The molecule has 170 valence electrons. The lowest BCUT2D eigenvalue weighted by Gasteiger charge is -2.26. The largest absolute Gasteiger partial charge is 0.495 e. The van der Waals surface area contributed by atoms with Crippen molar-refractivity contribution in [3.63, 3.8) is 0 Å². The molecular formula is C23H27N3O5S. The number of rotatable bonds is 8. The zero-order chi connectivity index (χ0) is 23.1. The Morgan fingerprint density at radius 2 is 1.78 bits per heavy atom. The fourth-order valence-corrected chi connectivity index (χ4v) is 5.28. The molecule has 1 atom stereocenters. The van der Waals surface area contributed by atoms with Crippen LogP contribution >= 0.6 is 0 Å². The normalized spacial score (nSPS) is 15.9. The van der Waals surface area contributed by atoms with Crippen molar-refractivity contribution < 1.29 is 22.7 Å². The maximum atomic E-state index is 13.1. The predicted molar refractivity (Wildman–Crippen MR) is 121 cm³/mol. The van der Waals surface area contributed by atoms with E-state index in [2.05, 4.69) is 5.32 Å². The zero-order valence-corrected chi connectivity index (χ0v) is 18.7. The number of sulfonamides is 1. The highest BCUT2D eigenvalue weighted by Gasteiger charge is 2.29. The molecule has 1 saturated heterocycles. The third-order valence-corrected chi connectivity index (χ3v) is 7.17. The van der Waals surface area contributed by atoms with E-state index in [1.165, 1.54) is 29.6 Å². The minimum absolute atomic E-state index is 0.0590. The molecule has 1 heterocycles. The van der Waals surface area contributed by atoms with Crippen molar-refractivity contribution in [3.8, 4) is 5.75 Å². The monoisotopic (exact) mass is 457 g/mol. The molecule has 1 unspecified atom stereocenters. The molecule has 1 fully saturated rings. The van der Waals surface area contributed by atoms with Gasteiger partial charge in [-0.3, -0.25) is 9.59 Å². The van der Waals surface area contributed by atoms with Crippen LogP contribution in [0.1, 0.15) is 36.4 Å². The summed E-state index contributed by atoms with van der Waals surface area (Å²) in [6.07, 6.45) is 5.37. The topological polar surface area (TPSA) is 119 Å². The summed E-state index contributed by atoms with van der Waals surface area (Å²) in [5.74, 6) is -0.971. The highest BCUT2D eigenvalue weighted by molar-refractivity contribution is 7.89. The van der Waals surface area contributed by atoms with Gasteiger partial charge in [-0.2, -0.15) is 4.31 Å². The lowest BCUT2D eigenvalue weighted by atomic mass is 10.1. The van der Waals surface area contributed by atoms with E-state index in [0.29, 0.717) is 24.2 Å². The first kappa shape index (κ1) is 23.5. The molecule has 2 aromatic rings. The molecule has 0 saturated carbocycles. The number of carbonyl (C=O) groups excluding carboxylic acids is 2.